The first kappa shape index (κ1) is 5.76. The number of likely N-dealkylation sites (N-methyl/N-ethyl adjacent to an activating group) is 1. The van der Waals surface area contributed by atoms with Crippen LogP contribution in [0.3, 0.4) is 0 Å². The maximum atomic E-state index is 10.6. The van der Waals surface area contributed by atoms with E-state index in [2.05, 4.69) is 11.8 Å². The number of hydrogen-bond donors (Lipinski definition) is 0. The number of carbonyl (C=O) groups is 1. The Morgan fingerprint density at radius 1 is 1.62 bits per heavy atom. The fourth-order valence-corrected chi connectivity index (χ4v) is 1.12. The van der Waals surface area contributed by atoms with Gasteiger partial charge in [-0.15, -0.1) is 0 Å². The first-order valence-corrected chi connectivity index (χ1v) is 2.87. The molecule has 2 heteroatoms. The number of carbonyl (C=O) groups excluding carboxylic acids is 1. The minimum absolute atomic E-state index is 0.231. The van der Waals surface area contributed by atoms with E-state index in [4.69, 9.17) is 0 Å². The van der Waals surface area contributed by atoms with Crippen molar-refractivity contribution in [2.75, 3.05) is 7.05 Å². The Kier molecular flexibility index (Phi) is 1.12. The van der Waals surface area contributed by atoms with Gasteiger partial charge in [0.1, 0.15) is 5.78 Å². The lowest BCUT2D eigenvalue weighted by Crippen LogP contribution is -2.05. The van der Waals surface area contributed by atoms with Crippen LogP contribution in [0, 0.1) is 0 Å². The molecule has 1 unspecified atom stereocenters. The number of rotatable bonds is 1. The lowest BCUT2D eigenvalue weighted by molar-refractivity contribution is -0.117. The molecule has 46 valence electrons. The molecule has 1 rings (SSSR count). The predicted octanol–water partition coefficient (Wildman–Crippen LogP) is 0.278. The highest BCUT2D eigenvalue weighted by molar-refractivity contribution is 5.85. The largest absolute Gasteiger partial charge is 0.298 e. The molecule has 1 saturated heterocycles. The van der Waals surface area contributed by atoms with Crippen LogP contribution in [0.4, 0.5) is 0 Å². The van der Waals surface area contributed by atoms with Crippen LogP contribution in [0.1, 0.15) is 13.8 Å². The van der Waals surface area contributed by atoms with Gasteiger partial charge in [0, 0.05) is 6.04 Å². The Morgan fingerprint density at radius 3 is 2.00 bits per heavy atom. The molecule has 0 aromatic heterocycles. The minimum Gasteiger partial charge on any atom is -0.298 e. The zero-order valence-electron chi connectivity index (χ0n) is 5.51. The molecule has 1 heterocycles. The summed E-state index contributed by atoms with van der Waals surface area (Å²) in [7, 11) is 1.97. The summed E-state index contributed by atoms with van der Waals surface area (Å²) in [4.78, 5) is 12.6. The number of nitrogens with zero attached hydrogens (tertiary/aromatic N) is 1. The monoisotopic (exact) mass is 113 g/mol. The Morgan fingerprint density at radius 2 is 2.00 bits per heavy atom. The smallest absolute Gasteiger partial charge is 0.148 e. The molecular formula is C6H11NO. The molecule has 2 nitrogen and oxygen atoms in total. The molecule has 0 spiro atoms. The van der Waals surface area contributed by atoms with Crippen LogP contribution in [-0.4, -0.2) is 29.8 Å². The van der Waals surface area contributed by atoms with Crippen LogP contribution in [0.15, 0.2) is 0 Å². The molecule has 0 aromatic rings. The summed E-state index contributed by atoms with van der Waals surface area (Å²) < 4.78 is 0. The minimum atomic E-state index is 0.231. The van der Waals surface area contributed by atoms with Gasteiger partial charge in [0.05, 0.1) is 6.04 Å². The van der Waals surface area contributed by atoms with Crippen molar-refractivity contribution in [3.05, 3.63) is 0 Å². The van der Waals surface area contributed by atoms with E-state index in [0.29, 0.717) is 11.8 Å². The quantitative estimate of drug-likeness (QED) is 0.455. The molecule has 1 fully saturated rings. The lowest BCUT2D eigenvalue weighted by atomic mass is 10.3. The lowest BCUT2D eigenvalue weighted by Gasteiger charge is -1.83. The second-order valence-corrected chi connectivity index (χ2v) is 2.46. The molecule has 0 aromatic carbocycles. The van der Waals surface area contributed by atoms with E-state index in [1.807, 2.05) is 7.05 Å². The zero-order chi connectivity index (χ0) is 6.31. The molecule has 8 heavy (non-hydrogen) atoms. The normalized spacial score (nSPS) is 44.1. The summed E-state index contributed by atoms with van der Waals surface area (Å²) in [6.45, 7) is 3.71. The van der Waals surface area contributed by atoms with E-state index in [9.17, 15) is 4.79 Å². The Bertz CT molecular complexity index is 114. The van der Waals surface area contributed by atoms with Gasteiger partial charge in [-0.25, -0.2) is 0 Å². The van der Waals surface area contributed by atoms with E-state index >= 15 is 0 Å². The molecule has 3 atom stereocenters. The predicted molar refractivity (Wildman–Crippen MR) is 31.7 cm³/mol. The average Bonchev–Trinajstić information content (AvgIpc) is 2.15. The highest BCUT2D eigenvalue weighted by atomic mass is 16.1. The summed E-state index contributed by atoms with van der Waals surface area (Å²) >= 11 is 0. The van der Waals surface area contributed by atoms with Crippen molar-refractivity contribution in [1.29, 1.82) is 0 Å². The van der Waals surface area contributed by atoms with Crippen molar-refractivity contribution in [3.8, 4) is 0 Å². The number of hydrogen-bond acceptors (Lipinski definition) is 2. The zero-order valence-corrected chi connectivity index (χ0v) is 5.51. The van der Waals surface area contributed by atoms with Crippen molar-refractivity contribution in [2.24, 2.45) is 0 Å². The summed E-state index contributed by atoms with van der Waals surface area (Å²) in [5.41, 5.74) is 0. The molecular weight excluding hydrogens is 102 g/mol. The third-order valence-corrected chi connectivity index (χ3v) is 1.86. The van der Waals surface area contributed by atoms with Gasteiger partial charge in [-0.3, -0.25) is 9.69 Å². The van der Waals surface area contributed by atoms with Gasteiger partial charge in [0.25, 0.3) is 0 Å². The molecule has 1 aliphatic rings. The van der Waals surface area contributed by atoms with Gasteiger partial charge >= 0.3 is 0 Å². The molecule has 0 saturated carbocycles. The van der Waals surface area contributed by atoms with Crippen molar-refractivity contribution in [1.82, 2.24) is 4.90 Å². The molecule has 0 radical (unpaired) electrons. The third kappa shape index (κ3) is 0.650. The van der Waals surface area contributed by atoms with Crippen LogP contribution in [-0.2, 0) is 4.79 Å². The van der Waals surface area contributed by atoms with Gasteiger partial charge in [0.2, 0.25) is 0 Å². The number of Topliss-reactive ketones (excluding diaryl/α,β-unsaturated/α-hetero) is 1. The second-order valence-electron chi connectivity index (χ2n) is 2.46. The van der Waals surface area contributed by atoms with E-state index in [1.165, 1.54) is 0 Å². The van der Waals surface area contributed by atoms with Crippen LogP contribution >= 0.6 is 0 Å². The first-order chi connectivity index (χ1) is 3.64. The van der Waals surface area contributed by atoms with Crippen molar-refractivity contribution in [2.45, 2.75) is 25.9 Å². The third-order valence-electron chi connectivity index (χ3n) is 1.86. The molecule has 0 aliphatic carbocycles. The summed E-state index contributed by atoms with van der Waals surface area (Å²) in [5, 5.41) is 0. The highest BCUT2D eigenvalue weighted by Crippen LogP contribution is 2.24. The van der Waals surface area contributed by atoms with Crippen LogP contribution in [0.25, 0.3) is 0 Å². The van der Waals surface area contributed by atoms with Crippen LogP contribution in [0.5, 0.6) is 0 Å². The molecule has 0 N–H and O–H groups in total. The SMILES string of the molecule is CC(=O)[C@@H]1[C@H](C)N1C. The van der Waals surface area contributed by atoms with Crippen LogP contribution in [0.2, 0.25) is 0 Å². The molecule has 0 bridgehead atoms. The topological polar surface area (TPSA) is 20.1 Å². The summed E-state index contributed by atoms with van der Waals surface area (Å²) in [5.74, 6) is 0.292. The van der Waals surface area contributed by atoms with Gasteiger partial charge < -0.3 is 0 Å². The van der Waals surface area contributed by atoms with Crippen molar-refractivity contribution < 1.29 is 4.79 Å². The fraction of sp³-hybridized carbons (Fsp3) is 0.833. The van der Waals surface area contributed by atoms with Gasteiger partial charge in [-0.2, -0.15) is 0 Å². The fourth-order valence-electron chi connectivity index (χ4n) is 1.12. The second kappa shape index (κ2) is 1.55. The van der Waals surface area contributed by atoms with E-state index in [1.54, 1.807) is 6.92 Å². The molecule has 1 aliphatic heterocycles. The maximum absolute atomic E-state index is 10.6. The summed E-state index contributed by atoms with van der Waals surface area (Å²) in [6.07, 6.45) is 0. The average molecular weight is 113 g/mol. The standard InChI is InChI=1S/C6H11NO/c1-4-6(5(2)8)7(4)3/h4,6H,1-3H3/t4-,6-,7?/m0/s1. The Labute approximate surface area is 49.5 Å². The molecule has 0 amide bonds. The van der Waals surface area contributed by atoms with E-state index < -0.39 is 0 Å². The van der Waals surface area contributed by atoms with Gasteiger partial charge in [-0.1, -0.05) is 0 Å². The number of ketones is 1. The Balaban J connectivity index is 2.44. The Hall–Kier alpha value is -0.370. The summed E-state index contributed by atoms with van der Waals surface area (Å²) in [6, 6.07) is 0.725. The first-order valence-electron chi connectivity index (χ1n) is 2.87. The van der Waals surface area contributed by atoms with Crippen LogP contribution < -0.4 is 0 Å². The van der Waals surface area contributed by atoms with Crippen molar-refractivity contribution in [3.63, 3.8) is 0 Å². The van der Waals surface area contributed by atoms with Crippen molar-refractivity contribution >= 4 is 5.78 Å². The van der Waals surface area contributed by atoms with E-state index in [-0.39, 0.29) is 6.04 Å². The van der Waals surface area contributed by atoms with E-state index in [0.717, 1.165) is 0 Å². The van der Waals surface area contributed by atoms with Gasteiger partial charge in [-0.05, 0) is 20.9 Å². The maximum Gasteiger partial charge on any atom is 0.148 e. The highest BCUT2D eigenvalue weighted by Gasteiger charge is 2.43. The van der Waals surface area contributed by atoms with Gasteiger partial charge in [0.15, 0.2) is 0 Å².